The number of hydrogen-bond donors (Lipinski definition) is 3. The number of hydrogen-bond acceptors (Lipinski definition) is 5. The molecule has 1 fully saturated rings. The molecule has 1 aliphatic rings. The summed E-state index contributed by atoms with van der Waals surface area (Å²) in [5, 5.41) is 10.8. The van der Waals surface area contributed by atoms with Crippen LogP contribution < -0.4 is 16.8 Å². The van der Waals surface area contributed by atoms with Crippen molar-refractivity contribution in [1.82, 2.24) is 10.2 Å². The highest BCUT2D eigenvalue weighted by Gasteiger charge is 2.27. The molecule has 0 atom stereocenters. The summed E-state index contributed by atoms with van der Waals surface area (Å²) >= 11 is 0. The van der Waals surface area contributed by atoms with E-state index in [9.17, 15) is 4.79 Å². The Labute approximate surface area is 106 Å². The lowest BCUT2D eigenvalue weighted by atomic mass is 9.82. The summed E-state index contributed by atoms with van der Waals surface area (Å²) in [6, 6.07) is 3.25. The van der Waals surface area contributed by atoms with Crippen molar-refractivity contribution in [3.05, 3.63) is 17.8 Å². The average molecular weight is 249 g/mol. The second-order valence-electron chi connectivity index (χ2n) is 4.94. The third-order valence-corrected chi connectivity index (χ3v) is 3.39. The minimum Gasteiger partial charge on any atom is -0.367 e. The van der Waals surface area contributed by atoms with E-state index in [0.29, 0.717) is 12.4 Å². The maximum Gasteiger partial charge on any atom is 0.269 e. The van der Waals surface area contributed by atoms with Crippen LogP contribution in [0.3, 0.4) is 0 Å². The molecule has 0 spiro atoms. The number of primary amides is 1. The Bertz CT molecular complexity index is 411. The van der Waals surface area contributed by atoms with Crippen LogP contribution in [0.5, 0.6) is 0 Å². The topological polar surface area (TPSA) is 107 Å². The molecule has 0 saturated heterocycles. The lowest BCUT2D eigenvalue weighted by Crippen LogP contribution is -2.47. The third-order valence-electron chi connectivity index (χ3n) is 3.39. The van der Waals surface area contributed by atoms with Gasteiger partial charge in [0.1, 0.15) is 5.82 Å². The Morgan fingerprint density at radius 3 is 2.56 bits per heavy atom. The fourth-order valence-corrected chi connectivity index (χ4v) is 2.26. The first-order valence-electron chi connectivity index (χ1n) is 6.25. The zero-order valence-electron chi connectivity index (χ0n) is 10.4. The van der Waals surface area contributed by atoms with Gasteiger partial charge in [-0.05, 0) is 25.0 Å². The zero-order valence-corrected chi connectivity index (χ0v) is 10.4. The maximum atomic E-state index is 10.8. The van der Waals surface area contributed by atoms with Gasteiger partial charge in [-0.15, -0.1) is 10.2 Å². The SMILES string of the molecule is NC(=O)c1ccc(NCC2(N)CCCCC2)nn1. The van der Waals surface area contributed by atoms with Crippen LogP contribution in [0.1, 0.15) is 42.6 Å². The average Bonchev–Trinajstić information content (AvgIpc) is 2.38. The summed E-state index contributed by atoms with van der Waals surface area (Å²) in [7, 11) is 0. The Morgan fingerprint density at radius 2 is 2.00 bits per heavy atom. The fourth-order valence-electron chi connectivity index (χ4n) is 2.26. The van der Waals surface area contributed by atoms with Crippen LogP contribution in [0.25, 0.3) is 0 Å². The summed E-state index contributed by atoms with van der Waals surface area (Å²) in [5.41, 5.74) is 11.4. The molecule has 18 heavy (non-hydrogen) atoms. The Kier molecular flexibility index (Phi) is 3.76. The summed E-state index contributed by atoms with van der Waals surface area (Å²) in [6.07, 6.45) is 5.71. The van der Waals surface area contributed by atoms with Crippen molar-refractivity contribution >= 4 is 11.7 Å². The van der Waals surface area contributed by atoms with Crippen molar-refractivity contribution in [2.75, 3.05) is 11.9 Å². The van der Waals surface area contributed by atoms with Crippen molar-refractivity contribution in [2.45, 2.75) is 37.6 Å². The molecular formula is C12H19N5O. The van der Waals surface area contributed by atoms with Crippen LogP contribution in [-0.4, -0.2) is 28.2 Å². The van der Waals surface area contributed by atoms with Crippen LogP contribution in [0.15, 0.2) is 12.1 Å². The molecule has 6 heteroatoms. The molecule has 98 valence electrons. The number of nitrogens with zero attached hydrogens (tertiary/aromatic N) is 2. The van der Waals surface area contributed by atoms with Gasteiger partial charge in [0.15, 0.2) is 5.69 Å². The Balaban J connectivity index is 1.91. The van der Waals surface area contributed by atoms with Crippen molar-refractivity contribution in [3.8, 4) is 0 Å². The first-order chi connectivity index (χ1) is 8.59. The molecular weight excluding hydrogens is 230 g/mol. The van der Waals surface area contributed by atoms with E-state index in [4.69, 9.17) is 11.5 Å². The normalized spacial score (nSPS) is 18.3. The fraction of sp³-hybridized carbons (Fsp3) is 0.583. The van der Waals surface area contributed by atoms with E-state index in [1.54, 1.807) is 12.1 Å². The lowest BCUT2D eigenvalue weighted by Gasteiger charge is -2.33. The van der Waals surface area contributed by atoms with Crippen molar-refractivity contribution in [3.63, 3.8) is 0 Å². The van der Waals surface area contributed by atoms with Crippen LogP contribution in [0.2, 0.25) is 0 Å². The smallest absolute Gasteiger partial charge is 0.269 e. The molecule has 0 unspecified atom stereocenters. The van der Waals surface area contributed by atoms with E-state index in [1.807, 2.05) is 0 Å². The zero-order chi connectivity index (χ0) is 13.0. The molecule has 1 heterocycles. The number of nitrogens with one attached hydrogen (secondary N) is 1. The number of carbonyl (C=O) groups excluding carboxylic acids is 1. The van der Waals surface area contributed by atoms with E-state index in [-0.39, 0.29) is 11.2 Å². The second-order valence-corrected chi connectivity index (χ2v) is 4.94. The number of carbonyl (C=O) groups is 1. The van der Waals surface area contributed by atoms with Gasteiger partial charge >= 0.3 is 0 Å². The van der Waals surface area contributed by atoms with Gasteiger partial charge in [-0.2, -0.15) is 0 Å². The Hall–Kier alpha value is -1.69. The number of rotatable bonds is 4. The number of amides is 1. The maximum absolute atomic E-state index is 10.8. The minimum atomic E-state index is -0.573. The molecule has 1 aromatic rings. The van der Waals surface area contributed by atoms with Gasteiger partial charge in [0.25, 0.3) is 5.91 Å². The van der Waals surface area contributed by atoms with E-state index in [0.717, 1.165) is 12.8 Å². The Morgan fingerprint density at radius 1 is 1.28 bits per heavy atom. The molecule has 1 amide bonds. The molecule has 5 N–H and O–H groups in total. The molecule has 1 saturated carbocycles. The van der Waals surface area contributed by atoms with Gasteiger partial charge in [0.05, 0.1) is 0 Å². The molecule has 2 rings (SSSR count). The first kappa shape index (κ1) is 12.8. The predicted molar refractivity (Wildman–Crippen MR) is 69.0 cm³/mol. The van der Waals surface area contributed by atoms with Crippen molar-refractivity contribution < 1.29 is 4.79 Å². The van der Waals surface area contributed by atoms with Crippen LogP contribution in [0.4, 0.5) is 5.82 Å². The standard InChI is InChI=1S/C12H19N5O/c13-11(18)9-4-5-10(17-16-9)15-8-12(14)6-2-1-3-7-12/h4-5H,1-3,6-8,14H2,(H2,13,18)(H,15,17). The van der Waals surface area contributed by atoms with Crippen molar-refractivity contribution in [2.24, 2.45) is 11.5 Å². The van der Waals surface area contributed by atoms with Gasteiger partial charge < -0.3 is 16.8 Å². The van der Waals surface area contributed by atoms with Gasteiger partial charge in [0.2, 0.25) is 0 Å². The number of anilines is 1. The van der Waals surface area contributed by atoms with Gasteiger partial charge in [-0.25, -0.2) is 0 Å². The molecule has 0 aliphatic heterocycles. The highest BCUT2D eigenvalue weighted by molar-refractivity contribution is 5.90. The number of aromatic nitrogens is 2. The van der Waals surface area contributed by atoms with Crippen LogP contribution in [0, 0.1) is 0 Å². The highest BCUT2D eigenvalue weighted by atomic mass is 16.1. The van der Waals surface area contributed by atoms with E-state index >= 15 is 0 Å². The first-order valence-corrected chi connectivity index (χ1v) is 6.25. The van der Waals surface area contributed by atoms with Crippen molar-refractivity contribution in [1.29, 1.82) is 0 Å². The third kappa shape index (κ3) is 3.16. The van der Waals surface area contributed by atoms with E-state index in [1.165, 1.54) is 19.3 Å². The minimum absolute atomic E-state index is 0.151. The van der Waals surface area contributed by atoms with E-state index < -0.39 is 5.91 Å². The molecule has 6 nitrogen and oxygen atoms in total. The molecule has 0 bridgehead atoms. The number of nitrogens with two attached hydrogens (primary N) is 2. The van der Waals surface area contributed by atoms with Crippen LogP contribution >= 0.6 is 0 Å². The monoisotopic (exact) mass is 249 g/mol. The lowest BCUT2D eigenvalue weighted by molar-refractivity contribution is 0.0994. The predicted octanol–water partition coefficient (Wildman–Crippen LogP) is 0.649. The van der Waals surface area contributed by atoms with Gasteiger partial charge in [-0.3, -0.25) is 4.79 Å². The molecule has 1 aliphatic carbocycles. The summed E-state index contributed by atoms with van der Waals surface area (Å²) in [5.74, 6) is 0.0482. The highest BCUT2D eigenvalue weighted by Crippen LogP contribution is 2.25. The van der Waals surface area contributed by atoms with E-state index in [2.05, 4.69) is 15.5 Å². The molecule has 0 radical (unpaired) electrons. The van der Waals surface area contributed by atoms with Gasteiger partial charge in [0, 0.05) is 12.1 Å². The molecule has 0 aromatic carbocycles. The summed E-state index contributed by atoms with van der Waals surface area (Å²) in [6.45, 7) is 0.678. The summed E-state index contributed by atoms with van der Waals surface area (Å²) in [4.78, 5) is 10.8. The summed E-state index contributed by atoms with van der Waals surface area (Å²) < 4.78 is 0. The second kappa shape index (κ2) is 5.30. The largest absolute Gasteiger partial charge is 0.367 e. The van der Waals surface area contributed by atoms with Crippen LogP contribution in [-0.2, 0) is 0 Å². The quantitative estimate of drug-likeness (QED) is 0.726. The molecule has 1 aromatic heterocycles. The van der Waals surface area contributed by atoms with Gasteiger partial charge in [-0.1, -0.05) is 19.3 Å².